The summed E-state index contributed by atoms with van der Waals surface area (Å²) in [6.45, 7) is 3.08. The second-order valence-corrected chi connectivity index (χ2v) is 11.9. The fourth-order valence-electron chi connectivity index (χ4n) is 6.47. The van der Waals surface area contributed by atoms with Crippen LogP contribution in [-0.4, -0.2) is 84.3 Å². The molecular weight excluding hydrogens is 573 g/mol. The van der Waals surface area contributed by atoms with Gasteiger partial charge in [-0.2, -0.15) is 0 Å². The lowest BCUT2D eigenvalue weighted by atomic mass is 9.96. The summed E-state index contributed by atoms with van der Waals surface area (Å²) >= 11 is 0. The van der Waals surface area contributed by atoms with E-state index in [9.17, 15) is 23.6 Å². The van der Waals surface area contributed by atoms with Gasteiger partial charge in [0.25, 0.3) is 0 Å². The van der Waals surface area contributed by atoms with Crippen molar-refractivity contribution >= 4 is 34.4 Å². The van der Waals surface area contributed by atoms with E-state index in [1.54, 1.807) is 29.0 Å². The number of hydrogen-bond donors (Lipinski definition) is 3. The number of fused-ring (bicyclic) bond motifs is 1. The maximum absolute atomic E-state index is 14.2. The Labute approximate surface area is 263 Å². The highest BCUT2D eigenvalue weighted by molar-refractivity contribution is 5.96. The van der Waals surface area contributed by atoms with Gasteiger partial charge in [0.05, 0.1) is 6.04 Å². The summed E-state index contributed by atoms with van der Waals surface area (Å²) in [7, 11) is 1.56. The first-order chi connectivity index (χ1) is 21.8. The van der Waals surface area contributed by atoms with Crippen molar-refractivity contribution < 1.29 is 23.6 Å². The summed E-state index contributed by atoms with van der Waals surface area (Å²) in [5.74, 6) is -1.56. The van der Waals surface area contributed by atoms with Gasteiger partial charge in [0, 0.05) is 33.0 Å². The van der Waals surface area contributed by atoms with Gasteiger partial charge in [0.1, 0.15) is 23.9 Å². The number of amides is 4. The van der Waals surface area contributed by atoms with E-state index in [1.165, 1.54) is 12.1 Å². The third kappa shape index (κ3) is 7.50. The van der Waals surface area contributed by atoms with E-state index in [1.807, 2.05) is 49.4 Å². The molecule has 2 heterocycles. The average Bonchev–Trinajstić information content (AvgIpc) is 3.60. The summed E-state index contributed by atoms with van der Waals surface area (Å²) in [6, 6.07) is 17.0. The first-order valence-electron chi connectivity index (χ1n) is 15.9. The van der Waals surface area contributed by atoms with Gasteiger partial charge < -0.3 is 25.8 Å². The topological polar surface area (TPSA) is 111 Å². The van der Waals surface area contributed by atoms with Crippen LogP contribution in [0.25, 0.3) is 10.8 Å². The van der Waals surface area contributed by atoms with E-state index in [0.717, 1.165) is 29.3 Å². The normalized spacial score (nSPS) is 19.8. The zero-order valence-electron chi connectivity index (χ0n) is 25.9. The fraction of sp³-hybridized carbons (Fsp3) is 0.429. The van der Waals surface area contributed by atoms with Gasteiger partial charge in [-0.15, -0.1) is 0 Å². The number of rotatable bonds is 11. The molecule has 2 saturated heterocycles. The largest absolute Gasteiger partial charge is 0.357 e. The van der Waals surface area contributed by atoms with E-state index in [0.29, 0.717) is 31.2 Å². The Morgan fingerprint density at radius 2 is 1.71 bits per heavy atom. The predicted molar refractivity (Wildman–Crippen MR) is 171 cm³/mol. The highest BCUT2D eigenvalue weighted by Crippen LogP contribution is 2.24. The number of carbonyl (C=O) groups excluding carboxylic acids is 4. The predicted octanol–water partition coefficient (Wildman–Crippen LogP) is 2.96. The molecule has 2 aliphatic heterocycles. The van der Waals surface area contributed by atoms with Crippen LogP contribution in [0, 0.1) is 5.82 Å². The van der Waals surface area contributed by atoms with Crippen LogP contribution in [0.15, 0.2) is 66.7 Å². The number of nitrogens with zero attached hydrogens (tertiary/aromatic N) is 2. The zero-order chi connectivity index (χ0) is 31.9. The van der Waals surface area contributed by atoms with Gasteiger partial charge in [0.2, 0.25) is 23.6 Å². The van der Waals surface area contributed by atoms with Crippen LogP contribution in [-0.2, 0) is 32.0 Å². The van der Waals surface area contributed by atoms with Crippen molar-refractivity contribution in [2.75, 3.05) is 26.7 Å². The Hall–Kier alpha value is -4.31. The van der Waals surface area contributed by atoms with Crippen molar-refractivity contribution in [3.63, 3.8) is 0 Å². The third-order valence-corrected chi connectivity index (χ3v) is 8.88. The molecule has 2 aliphatic rings. The molecule has 4 amide bonds. The van der Waals surface area contributed by atoms with Crippen LogP contribution in [0.5, 0.6) is 0 Å². The first-order valence-corrected chi connectivity index (χ1v) is 15.9. The number of likely N-dealkylation sites (N-methyl/N-ethyl adjacent to an activating group) is 1. The fourth-order valence-corrected chi connectivity index (χ4v) is 6.47. The monoisotopic (exact) mass is 615 g/mol. The Kier molecular flexibility index (Phi) is 10.4. The first kappa shape index (κ1) is 32.1. The van der Waals surface area contributed by atoms with Gasteiger partial charge in [-0.05, 0) is 59.8 Å². The van der Waals surface area contributed by atoms with Gasteiger partial charge in [-0.25, -0.2) is 4.39 Å². The lowest BCUT2D eigenvalue weighted by Crippen LogP contribution is -2.66. The average molecular weight is 616 g/mol. The Morgan fingerprint density at radius 3 is 2.40 bits per heavy atom. The molecule has 45 heavy (non-hydrogen) atoms. The standard InChI is InChI=1S/C35H42FN5O4/c1-3-7-30-35(45)41(31(33(43)37-2)22-24-11-14-25-8-4-5-9-26(25)20-24)19-18-40(30)34(44)29(21-23-12-15-27(36)16-13-23)39-32(42)28-10-6-17-38-28/h4-5,8-9,11-16,20,28-31,38H,3,6-7,10,17-19,21-22H2,1-2H3,(H,37,43)(H,39,42)/t28-,29+,30-,31-/m0/s1. The molecule has 4 atom stereocenters. The SMILES string of the molecule is CCC[C@H]1C(=O)N([C@@H](Cc2ccc3ccccc3c2)C(=O)NC)CCN1C(=O)[C@@H](Cc1ccc(F)cc1)NC(=O)[C@@H]1CCCN1. The highest BCUT2D eigenvalue weighted by atomic mass is 19.1. The molecule has 3 N–H and O–H groups in total. The molecule has 3 aromatic rings. The van der Waals surface area contributed by atoms with E-state index in [-0.39, 0.29) is 55.0 Å². The van der Waals surface area contributed by atoms with Crippen LogP contribution >= 0.6 is 0 Å². The molecule has 0 radical (unpaired) electrons. The lowest BCUT2D eigenvalue weighted by Gasteiger charge is -2.44. The van der Waals surface area contributed by atoms with Crippen molar-refractivity contribution in [1.82, 2.24) is 25.8 Å². The van der Waals surface area contributed by atoms with E-state index < -0.39 is 18.1 Å². The maximum Gasteiger partial charge on any atom is 0.246 e. The quantitative estimate of drug-likeness (QED) is 0.307. The number of nitrogens with one attached hydrogen (secondary N) is 3. The van der Waals surface area contributed by atoms with E-state index >= 15 is 0 Å². The summed E-state index contributed by atoms with van der Waals surface area (Å²) in [4.78, 5) is 57.9. The molecule has 9 nitrogen and oxygen atoms in total. The number of benzene rings is 3. The minimum atomic E-state index is -0.934. The number of hydrogen-bond acceptors (Lipinski definition) is 5. The molecule has 5 rings (SSSR count). The van der Waals surface area contributed by atoms with E-state index in [2.05, 4.69) is 16.0 Å². The smallest absolute Gasteiger partial charge is 0.246 e. The van der Waals surface area contributed by atoms with Crippen LogP contribution in [0.1, 0.15) is 43.7 Å². The molecule has 3 aromatic carbocycles. The van der Waals surface area contributed by atoms with Crippen LogP contribution < -0.4 is 16.0 Å². The van der Waals surface area contributed by atoms with Gasteiger partial charge in [-0.3, -0.25) is 19.2 Å². The minimum Gasteiger partial charge on any atom is -0.357 e. The van der Waals surface area contributed by atoms with Crippen molar-refractivity contribution in [3.05, 3.63) is 83.7 Å². The lowest BCUT2D eigenvalue weighted by molar-refractivity contribution is -0.157. The van der Waals surface area contributed by atoms with Crippen molar-refractivity contribution in [1.29, 1.82) is 0 Å². The van der Waals surface area contributed by atoms with Crippen LogP contribution in [0.3, 0.4) is 0 Å². The van der Waals surface area contributed by atoms with Crippen LogP contribution in [0.4, 0.5) is 4.39 Å². The number of carbonyl (C=O) groups is 4. The second kappa shape index (κ2) is 14.6. The molecule has 2 fully saturated rings. The molecule has 0 unspecified atom stereocenters. The Morgan fingerprint density at radius 1 is 0.978 bits per heavy atom. The summed E-state index contributed by atoms with van der Waals surface area (Å²) in [5, 5.41) is 11.0. The Balaban J connectivity index is 1.38. The molecule has 0 saturated carbocycles. The molecule has 0 spiro atoms. The summed E-state index contributed by atoms with van der Waals surface area (Å²) in [5.41, 5.74) is 1.63. The molecule has 0 aliphatic carbocycles. The maximum atomic E-state index is 14.2. The van der Waals surface area contributed by atoms with Crippen molar-refractivity contribution in [2.24, 2.45) is 0 Å². The highest BCUT2D eigenvalue weighted by Gasteiger charge is 2.43. The zero-order valence-corrected chi connectivity index (χ0v) is 25.9. The molecule has 238 valence electrons. The number of halogens is 1. The second-order valence-electron chi connectivity index (χ2n) is 11.9. The van der Waals surface area contributed by atoms with Crippen LogP contribution in [0.2, 0.25) is 0 Å². The molecular formula is C35H42FN5O4. The van der Waals surface area contributed by atoms with Gasteiger partial charge in [0.15, 0.2) is 0 Å². The van der Waals surface area contributed by atoms with Gasteiger partial charge >= 0.3 is 0 Å². The summed E-state index contributed by atoms with van der Waals surface area (Å²) in [6.07, 6.45) is 3.10. The third-order valence-electron chi connectivity index (χ3n) is 8.88. The molecule has 0 bridgehead atoms. The van der Waals surface area contributed by atoms with Gasteiger partial charge in [-0.1, -0.05) is 67.9 Å². The minimum absolute atomic E-state index is 0.160. The summed E-state index contributed by atoms with van der Waals surface area (Å²) < 4.78 is 13.6. The van der Waals surface area contributed by atoms with E-state index in [4.69, 9.17) is 0 Å². The van der Waals surface area contributed by atoms with Crippen molar-refractivity contribution in [2.45, 2.75) is 69.6 Å². The number of piperazine rings is 1. The Bertz CT molecular complexity index is 1520. The van der Waals surface area contributed by atoms with Crippen molar-refractivity contribution in [3.8, 4) is 0 Å². The molecule has 0 aromatic heterocycles. The molecule has 10 heteroatoms.